The molecule has 1 unspecified atom stereocenters. The highest BCUT2D eigenvalue weighted by atomic mass is 28.4. The molecule has 1 atom stereocenters. The quantitative estimate of drug-likeness (QED) is 0.652. The second-order valence-corrected chi connectivity index (χ2v) is 7.09. The van der Waals surface area contributed by atoms with E-state index >= 15 is 0 Å². The summed E-state index contributed by atoms with van der Waals surface area (Å²) in [6.45, 7) is 3.04. The predicted octanol–water partition coefficient (Wildman–Crippen LogP) is 1.96. The van der Waals surface area contributed by atoms with Gasteiger partial charge in [0.05, 0.1) is 5.67 Å². The van der Waals surface area contributed by atoms with Crippen molar-refractivity contribution in [1.82, 2.24) is 4.90 Å². The molecule has 0 bridgehead atoms. The van der Waals surface area contributed by atoms with Crippen molar-refractivity contribution in [2.75, 3.05) is 27.9 Å². The molecule has 0 N–H and O–H groups in total. The molecule has 1 aliphatic rings. The summed E-state index contributed by atoms with van der Waals surface area (Å²) in [5, 5.41) is 0. The van der Waals surface area contributed by atoms with Gasteiger partial charge in [-0.1, -0.05) is 25.5 Å². The summed E-state index contributed by atoms with van der Waals surface area (Å²) in [6, 6.07) is 0. The summed E-state index contributed by atoms with van der Waals surface area (Å²) in [5.74, 6) is 0. The van der Waals surface area contributed by atoms with Crippen LogP contribution in [0.3, 0.4) is 0 Å². The van der Waals surface area contributed by atoms with E-state index in [1.165, 1.54) is 0 Å². The normalized spacial score (nSPS) is 17.5. The Morgan fingerprint density at radius 1 is 1.18 bits per heavy atom. The van der Waals surface area contributed by atoms with Crippen LogP contribution in [0.4, 0.5) is 0 Å². The second-order valence-electron chi connectivity index (χ2n) is 3.99. The number of hydrogen-bond donors (Lipinski definition) is 0. The zero-order valence-corrected chi connectivity index (χ0v) is 12.2. The van der Waals surface area contributed by atoms with Gasteiger partial charge in [0.15, 0.2) is 0 Å². The Balaban J connectivity index is 2.89. The highest BCUT2D eigenvalue weighted by Crippen LogP contribution is 2.23. The van der Waals surface area contributed by atoms with Crippen LogP contribution in [-0.2, 0) is 13.3 Å². The maximum atomic E-state index is 5.60. The van der Waals surface area contributed by atoms with Crippen molar-refractivity contribution < 1.29 is 13.3 Å². The van der Waals surface area contributed by atoms with Gasteiger partial charge < -0.3 is 18.2 Å². The van der Waals surface area contributed by atoms with Crippen LogP contribution in [0.1, 0.15) is 19.8 Å². The Bertz CT molecular complexity index is 269. The van der Waals surface area contributed by atoms with Gasteiger partial charge in [-0.3, -0.25) is 0 Å². The zero-order chi connectivity index (χ0) is 12.7. The van der Waals surface area contributed by atoms with Crippen LogP contribution in [-0.4, -0.2) is 47.2 Å². The van der Waals surface area contributed by atoms with Crippen molar-refractivity contribution in [3.8, 4) is 0 Å². The third kappa shape index (κ3) is 3.19. The molecule has 0 saturated heterocycles. The van der Waals surface area contributed by atoms with Gasteiger partial charge in [0.25, 0.3) is 0 Å². The Morgan fingerprint density at radius 2 is 1.82 bits per heavy atom. The Morgan fingerprint density at radius 3 is 2.24 bits per heavy atom. The molecule has 0 saturated carbocycles. The van der Waals surface area contributed by atoms with Crippen molar-refractivity contribution in [3.05, 3.63) is 24.4 Å². The number of nitrogens with zero attached hydrogens (tertiary/aromatic N) is 1. The summed E-state index contributed by atoms with van der Waals surface area (Å²) in [5.41, 5.74) is 0.175. The molecule has 5 heteroatoms. The average Bonchev–Trinajstić information content (AvgIpc) is 2.41. The Labute approximate surface area is 105 Å². The summed E-state index contributed by atoms with van der Waals surface area (Å²) >= 11 is 0. The predicted molar refractivity (Wildman–Crippen MR) is 70.5 cm³/mol. The van der Waals surface area contributed by atoms with Crippen LogP contribution in [0.5, 0.6) is 0 Å². The van der Waals surface area contributed by atoms with E-state index in [0.717, 1.165) is 19.4 Å². The first kappa shape index (κ1) is 14.4. The standard InChI is InChI=1S/C12H23NO3Si/c1-5-9-12(13-10-7-6-8-11-13)17(14-2,15-3)16-4/h6-8,10,12H,5,9,11H2,1-4H3. The van der Waals surface area contributed by atoms with Crippen molar-refractivity contribution in [2.24, 2.45) is 0 Å². The van der Waals surface area contributed by atoms with Crippen LogP contribution in [0.25, 0.3) is 0 Å². The fraction of sp³-hybridized carbons (Fsp3) is 0.667. The second kappa shape index (κ2) is 6.96. The topological polar surface area (TPSA) is 30.9 Å². The van der Waals surface area contributed by atoms with E-state index in [2.05, 4.69) is 30.2 Å². The SMILES string of the molecule is CCCC(N1C=CC=CC1)[Si](OC)(OC)OC. The van der Waals surface area contributed by atoms with Gasteiger partial charge in [-0.25, -0.2) is 0 Å². The third-order valence-corrected chi connectivity index (χ3v) is 6.21. The van der Waals surface area contributed by atoms with E-state index in [9.17, 15) is 0 Å². The minimum Gasteiger partial charge on any atom is -0.376 e. The number of rotatable bonds is 7. The van der Waals surface area contributed by atoms with Crippen molar-refractivity contribution in [3.63, 3.8) is 0 Å². The minimum absolute atomic E-state index is 0.175. The summed E-state index contributed by atoms with van der Waals surface area (Å²) in [6.07, 6.45) is 10.4. The molecule has 0 aromatic heterocycles. The van der Waals surface area contributed by atoms with Crippen LogP contribution in [0.15, 0.2) is 24.4 Å². The lowest BCUT2D eigenvalue weighted by atomic mass is 10.3. The molecule has 0 spiro atoms. The number of hydrogen-bond acceptors (Lipinski definition) is 4. The van der Waals surface area contributed by atoms with Gasteiger partial charge in [0.2, 0.25) is 0 Å². The Kier molecular flexibility index (Phi) is 5.91. The molecular weight excluding hydrogens is 234 g/mol. The highest BCUT2D eigenvalue weighted by molar-refractivity contribution is 6.62. The van der Waals surface area contributed by atoms with Crippen LogP contribution >= 0.6 is 0 Å². The molecular formula is C12H23NO3Si. The van der Waals surface area contributed by atoms with Gasteiger partial charge in [-0.15, -0.1) is 0 Å². The first-order chi connectivity index (χ1) is 8.24. The molecule has 1 aliphatic heterocycles. The largest absolute Gasteiger partial charge is 0.523 e. The fourth-order valence-electron chi connectivity index (χ4n) is 2.19. The molecule has 0 amide bonds. The molecule has 1 heterocycles. The lowest BCUT2D eigenvalue weighted by molar-refractivity contribution is 0.0860. The van der Waals surface area contributed by atoms with Crippen molar-refractivity contribution in [2.45, 2.75) is 25.4 Å². The molecule has 0 aromatic rings. The molecule has 98 valence electrons. The lowest BCUT2D eigenvalue weighted by Gasteiger charge is -2.39. The zero-order valence-electron chi connectivity index (χ0n) is 11.2. The van der Waals surface area contributed by atoms with E-state index in [-0.39, 0.29) is 5.67 Å². The lowest BCUT2D eigenvalue weighted by Crippen LogP contribution is -2.60. The van der Waals surface area contributed by atoms with Crippen LogP contribution in [0, 0.1) is 0 Å². The minimum atomic E-state index is -2.61. The summed E-state index contributed by atoms with van der Waals surface area (Å²) < 4.78 is 16.8. The van der Waals surface area contributed by atoms with Gasteiger partial charge in [-0.2, -0.15) is 0 Å². The molecule has 4 nitrogen and oxygen atoms in total. The molecule has 1 rings (SSSR count). The van der Waals surface area contributed by atoms with Gasteiger partial charge in [0, 0.05) is 27.9 Å². The first-order valence-electron chi connectivity index (χ1n) is 5.98. The van der Waals surface area contributed by atoms with Gasteiger partial charge in [0.1, 0.15) is 0 Å². The molecule has 0 aromatic carbocycles. The average molecular weight is 257 g/mol. The van der Waals surface area contributed by atoms with Crippen molar-refractivity contribution in [1.29, 1.82) is 0 Å². The first-order valence-corrected chi connectivity index (χ1v) is 7.78. The van der Waals surface area contributed by atoms with E-state index in [1.807, 2.05) is 6.08 Å². The fourth-order valence-corrected chi connectivity index (χ4v) is 4.75. The molecule has 0 radical (unpaired) electrons. The van der Waals surface area contributed by atoms with E-state index in [4.69, 9.17) is 13.3 Å². The Hall–Kier alpha value is -0.623. The third-order valence-electron chi connectivity index (χ3n) is 3.07. The van der Waals surface area contributed by atoms with Crippen LogP contribution < -0.4 is 0 Å². The maximum Gasteiger partial charge on any atom is 0.523 e. The van der Waals surface area contributed by atoms with Gasteiger partial charge in [-0.05, 0) is 18.7 Å². The smallest absolute Gasteiger partial charge is 0.376 e. The highest BCUT2D eigenvalue weighted by Gasteiger charge is 2.49. The molecule has 0 aliphatic carbocycles. The summed E-state index contributed by atoms with van der Waals surface area (Å²) in [7, 11) is 2.40. The maximum absolute atomic E-state index is 5.60. The van der Waals surface area contributed by atoms with Gasteiger partial charge >= 0.3 is 8.80 Å². The molecule has 17 heavy (non-hydrogen) atoms. The summed E-state index contributed by atoms with van der Waals surface area (Å²) in [4.78, 5) is 2.24. The van der Waals surface area contributed by atoms with E-state index in [0.29, 0.717) is 0 Å². The van der Waals surface area contributed by atoms with E-state index in [1.54, 1.807) is 21.3 Å². The molecule has 0 fully saturated rings. The van der Waals surface area contributed by atoms with E-state index < -0.39 is 8.80 Å². The monoisotopic (exact) mass is 257 g/mol. The number of allylic oxidation sites excluding steroid dienone is 2. The van der Waals surface area contributed by atoms with Crippen LogP contribution in [0.2, 0.25) is 0 Å². The van der Waals surface area contributed by atoms with Crippen molar-refractivity contribution >= 4 is 8.80 Å².